The number of hydrogen-bond donors (Lipinski definition) is 0. The number of nitrogens with zero attached hydrogens (tertiary/aromatic N) is 8. The molecule has 5 heterocycles. The highest BCUT2D eigenvalue weighted by Gasteiger charge is 2.26. The van der Waals surface area contributed by atoms with E-state index in [-0.39, 0.29) is 6.04 Å². The van der Waals surface area contributed by atoms with Crippen molar-refractivity contribution in [3.05, 3.63) is 36.5 Å². The second-order valence-corrected chi connectivity index (χ2v) is 7.20. The molecule has 0 saturated carbocycles. The minimum Gasteiger partial charge on any atom is -0.377 e. The third kappa shape index (κ3) is 2.79. The second kappa shape index (κ2) is 6.66. The lowest BCUT2D eigenvalue weighted by Crippen LogP contribution is -2.44. The Morgan fingerprint density at radius 3 is 2.48 bits per heavy atom. The fourth-order valence-corrected chi connectivity index (χ4v) is 3.84. The van der Waals surface area contributed by atoms with Crippen molar-refractivity contribution >= 4 is 11.3 Å². The molecule has 4 aromatic heterocycles. The summed E-state index contributed by atoms with van der Waals surface area (Å²) in [5, 5.41) is 13.2. The van der Waals surface area contributed by atoms with Gasteiger partial charge >= 0.3 is 0 Å². The van der Waals surface area contributed by atoms with E-state index in [9.17, 15) is 0 Å². The molecular weight excluding hydrogens is 375 g/mol. The number of ether oxygens (including phenoxy) is 1. The monoisotopic (exact) mass is 396 g/mol. The Hall–Kier alpha value is -3.27. The first-order valence-corrected chi connectivity index (χ1v) is 9.45. The zero-order chi connectivity index (χ0) is 20.1. The second-order valence-electron chi connectivity index (χ2n) is 7.20. The van der Waals surface area contributed by atoms with Crippen molar-refractivity contribution in [2.24, 2.45) is 14.1 Å². The van der Waals surface area contributed by atoms with Gasteiger partial charge in [-0.25, -0.2) is 4.52 Å². The molecular formula is C19H21FN8O. The molecule has 1 aliphatic heterocycles. The van der Waals surface area contributed by atoms with Gasteiger partial charge in [-0.05, 0) is 25.1 Å². The third-order valence-corrected chi connectivity index (χ3v) is 5.35. The number of halogens is 1. The van der Waals surface area contributed by atoms with Gasteiger partial charge in [0.05, 0.1) is 24.9 Å². The van der Waals surface area contributed by atoms with Crippen LogP contribution in [-0.2, 0) is 18.8 Å². The minimum absolute atomic E-state index is 0.154. The number of aromatic nitrogens is 7. The summed E-state index contributed by atoms with van der Waals surface area (Å²) >= 11 is 0. The number of imidazole rings is 1. The maximum absolute atomic E-state index is 15.1. The number of morpholine rings is 1. The van der Waals surface area contributed by atoms with Crippen LogP contribution in [0.4, 0.5) is 10.2 Å². The molecule has 0 N–H and O–H groups in total. The van der Waals surface area contributed by atoms with Crippen molar-refractivity contribution < 1.29 is 9.13 Å². The largest absolute Gasteiger partial charge is 0.377 e. The third-order valence-electron chi connectivity index (χ3n) is 5.35. The molecule has 0 unspecified atom stereocenters. The summed E-state index contributed by atoms with van der Waals surface area (Å²) in [6, 6.07) is 5.72. The number of anilines is 1. The highest BCUT2D eigenvalue weighted by molar-refractivity contribution is 5.82. The number of aryl methyl sites for hydroxylation is 2. The van der Waals surface area contributed by atoms with Crippen LogP contribution in [0.5, 0.6) is 0 Å². The molecule has 0 radical (unpaired) electrons. The van der Waals surface area contributed by atoms with E-state index in [1.807, 2.05) is 19.2 Å². The first-order chi connectivity index (χ1) is 14.0. The molecule has 1 saturated heterocycles. The van der Waals surface area contributed by atoms with Gasteiger partial charge in [0.2, 0.25) is 5.95 Å². The molecule has 10 heteroatoms. The summed E-state index contributed by atoms with van der Waals surface area (Å²) in [7, 11) is 3.63. The van der Waals surface area contributed by atoms with Crippen molar-refractivity contribution in [3.63, 3.8) is 0 Å². The zero-order valence-corrected chi connectivity index (χ0v) is 16.4. The van der Waals surface area contributed by atoms with Crippen molar-refractivity contribution in [2.45, 2.75) is 13.0 Å². The lowest BCUT2D eigenvalue weighted by molar-refractivity contribution is 0.0984. The van der Waals surface area contributed by atoms with Gasteiger partial charge in [0.15, 0.2) is 11.6 Å². The van der Waals surface area contributed by atoms with E-state index in [2.05, 4.69) is 27.0 Å². The Labute approximate surface area is 166 Å². The predicted molar refractivity (Wildman–Crippen MR) is 105 cm³/mol. The van der Waals surface area contributed by atoms with Crippen LogP contribution in [0, 0.1) is 5.95 Å². The van der Waals surface area contributed by atoms with Gasteiger partial charge < -0.3 is 9.64 Å². The summed E-state index contributed by atoms with van der Waals surface area (Å²) in [6.07, 6.45) is 3.35. The van der Waals surface area contributed by atoms with Gasteiger partial charge in [0, 0.05) is 38.6 Å². The number of fused-ring (bicyclic) bond motifs is 1. The quantitative estimate of drug-likeness (QED) is 0.526. The van der Waals surface area contributed by atoms with Crippen LogP contribution in [0.3, 0.4) is 0 Å². The molecule has 1 aliphatic rings. The van der Waals surface area contributed by atoms with Gasteiger partial charge in [-0.3, -0.25) is 9.36 Å². The van der Waals surface area contributed by atoms with Crippen molar-refractivity contribution in [2.75, 3.05) is 24.7 Å². The molecule has 0 bridgehead atoms. The van der Waals surface area contributed by atoms with Crippen molar-refractivity contribution in [3.8, 4) is 22.8 Å². The van der Waals surface area contributed by atoms with Crippen LogP contribution in [-0.4, -0.2) is 60.0 Å². The highest BCUT2D eigenvalue weighted by atomic mass is 19.1. The van der Waals surface area contributed by atoms with Gasteiger partial charge in [0.25, 0.3) is 0 Å². The Morgan fingerprint density at radius 2 is 1.83 bits per heavy atom. The van der Waals surface area contributed by atoms with Crippen LogP contribution in [0.2, 0.25) is 0 Å². The molecule has 5 rings (SSSR count). The molecule has 150 valence electrons. The number of rotatable bonds is 3. The lowest BCUT2D eigenvalue weighted by atomic mass is 10.1. The van der Waals surface area contributed by atoms with Crippen LogP contribution in [0.1, 0.15) is 6.92 Å². The summed E-state index contributed by atoms with van der Waals surface area (Å²) in [5.41, 5.74) is 2.47. The average Bonchev–Trinajstić information content (AvgIpc) is 3.41. The Balaban J connectivity index is 1.81. The van der Waals surface area contributed by atoms with E-state index in [1.54, 1.807) is 39.4 Å². The summed E-state index contributed by atoms with van der Waals surface area (Å²) in [4.78, 5) is 6.37. The maximum Gasteiger partial charge on any atom is 0.241 e. The molecule has 0 spiro atoms. The summed E-state index contributed by atoms with van der Waals surface area (Å²) < 4.78 is 25.6. The smallest absolute Gasteiger partial charge is 0.241 e. The Morgan fingerprint density at radius 1 is 1.10 bits per heavy atom. The van der Waals surface area contributed by atoms with Crippen LogP contribution in [0.15, 0.2) is 30.6 Å². The van der Waals surface area contributed by atoms with Crippen LogP contribution < -0.4 is 4.90 Å². The molecule has 1 atom stereocenters. The average molecular weight is 396 g/mol. The summed E-state index contributed by atoms with van der Waals surface area (Å²) in [5.74, 6) is 0.570. The van der Waals surface area contributed by atoms with Crippen LogP contribution >= 0.6 is 0 Å². The first kappa shape index (κ1) is 17.8. The summed E-state index contributed by atoms with van der Waals surface area (Å²) in [6.45, 7) is 4.04. The van der Waals surface area contributed by atoms with Crippen molar-refractivity contribution in [1.82, 2.24) is 34.2 Å². The Bertz CT molecular complexity index is 1190. The van der Waals surface area contributed by atoms with Gasteiger partial charge in [-0.1, -0.05) is 0 Å². The van der Waals surface area contributed by atoms with E-state index in [0.29, 0.717) is 42.4 Å². The molecule has 29 heavy (non-hydrogen) atoms. The highest BCUT2D eigenvalue weighted by Crippen LogP contribution is 2.33. The predicted octanol–water partition coefficient (Wildman–Crippen LogP) is 1.89. The molecule has 0 aromatic carbocycles. The SMILES string of the molecule is C[C@@H]1COCCN1c1cc(-c2ccnn2C)c2c(F)nc(-c3ccnn3C)n2n1. The fourth-order valence-electron chi connectivity index (χ4n) is 3.84. The normalized spacial score (nSPS) is 17.4. The van der Waals surface area contributed by atoms with Gasteiger partial charge in [-0.15, -0.1) is 5.10 Å². The minimum atomic E-state index is -0.577. The fraction of sp³-hybridized carbons (Fsp3) is 0.368. The molecule has 9 nitrogen and oxygen atoms in total. The first-order valence-electron chi connectivity index (χ1n) is 9.45. The molecule has 0 amide bonds. The van der Waals surface area contributed by atoms with Crippen LogP contribution in [0.25, 0.3) is 28.3 Å². The Kier molecular flexibility index (Phi) is 4.09. The molecule has 0 aliphatic carbocycles. The number of hydrogen-bond acceptors (Lipinski definition) is 6. The zero-order valence-electron chi connectivity index (χ0n) is 16.4. The van der Waals surface area contributed by atoms with Crippen molar-refractivity contribution in [1.29, 1.82) is 0 Å². The van der Waals surface area contributed by atoms with E-state index in [1.165, 1.54) is 0 Å². The van der Waals surface area contributed by atoms with E-state index >= 15 is 4.39 Å². The van der Waals surface area contributed by atoms with E-state index < -0.39 is 5.95 Å². The van der Waals surface area contributed by atoms with Gasteiger partial charge in [-0.2, -0.15) is 19.6 Å². The standard InChI is InChI=1S/C19H21FN8O/c1-12-11-29-9-8-27(12)16-10-13(14-4-6-21-25(14)2)17-18(20)23-19(28(17)24-16)15-5-7-22-26(15)3/h4-7,10,12H,8-9,11H2,1-3H3/t12-/m1/s1. The van der Waals surface area contributed by atoms with Gasteiger partial charge in [0.1, 0.15) is 11.2 Å². The lowest BCUT2D eigenvalue weighted by Gasteiger charge is -2.34. The topological polar surface area (TPSA) is 78.3 Å². The van der Waals surface area contributed by atoms with E-state index in [0.717, 1.165) is 11.5 Å². The maximum atomic E-state index is 15.1. The van der Waals surface area contributed by atoms with E-state index in [4.69, 9.17) is 9.84 Å². The molecule has 4 aromatic rings. The molecule has 1 fully saturated rings.